The fraction of sp³-hybridized carbons (Fsp3) is 0.429. The molecule has 0 atom stereocenters. The van der Waals surface area contributed by atoms with Crippen molar-refractivity contribution in [1.29, 1.82) is 0 Å². The molecule has 1 aliphatic rings. The maximum atomic E-state index is 12.6. The average Bonchev–Trinajstić information content (AvgIpc) is 2.38. The first-order valence-electron chi connectivity index (χ1n) is 6.63. The average molecular weight is 333 g/mol. The maximum Gasteiger partial charge on any atom is 0.417 e. The molecule has 3 rings (SSSR count). The predicted molar refractivity (Wildman–Crippen MR) is 74.7 cm³/mol. The summed E-state index contributed by atoms with van der Waals surface area (Å²) in [6.45, 7) is 0.1000. The predicted octanol–water partition coefficient (Wildman–Crippen LogP) is 2.75. The zero-order valence-corrected chi connectivity index (χ0v) is 12.0. The number of aliphatic hydroxyl groups is 1. The van der Waals surface area contributed by atoms with E-state index >= 15 is 0 Å². The summed E-state index contributed by atoms with van der Waals surface area (Å²) in [4.78, 5) is 16.4. The molecule has 0 spiro atoms. The van der Waals surface area contributed by atoms with E-state index in [0.717, 1.165) is 0 Å². The van der Waals surface area contributed by atoms with E-state index in [2.05, 4.69) is 4.98 Å². The van der Waals surface area contributed by atoms with Gasteiger partial charge in [-0.05, 0) is 37.0 Å². The smallest absolute Gasteiger partial charge is 0.380 e. The molecule has 4 nitrogen and oxygen atoms in total. The molecule has 2 aromatic rings. The molecule has 1 heterocycles. The number of halogens is 4. The number of nitrogens with zero attached hydrogens (tertiary/aromatic N) is 2. The minimum Gasteiger partial charge on any atom is -0.380 e. The monoisotopic (exact) mass is 332 g/mol. The van der Waals surface area contributed by atoms with E-state index in [1.165, 1.54) is 17.0 Å². The molecule has 1 aliphatic carbocycles. The number of alkyl halides is 3. The van der Waals surface area contributed by atoms with E-state index < -0.39 is 30.5 Å². The second kappa shape index (κ2) is 4.96. The van der Waals surface area contributed by atoms with Crippen molar-refractivity contribution in [3.05, 3.63) is 39.9 Å². The third kappa shape index (κ3) is 2.48. The first-order valence-corrected chi connectivity index (χ1v) is 7.01. The molecular formula is C14H12ClF3N2O2. The van der Waals surface area contributed by atoms with E-state index in [0.29, 0.717) is 15.9 Å². The van der Waals surface area contributed by atoms with E-state index in [4.69, 9.17) is 11.6 Å². The van der Waals surface area contributed by atoms with Crippen LogP contribution in [0.1, 0.15) is 12.8 Å². The van der Waals surface area contributed by atoms with E-state index in [1.807, 2.05) is 0 Å². The number of fused-ring (bicyclic) bond motifs is 1. The highest BCUT2D eigenvalue weighted by atomic mass is 35.5. The van der Waals surface area contributed by atoms with Gasteiger partial charge in [0.2, 0.25) is 0 Å². The second-order valence-electron chi connectivity index (χ2n) is 5.67. The van der Waals surface area contributed by atoms with Crippen molar-refractivity contribution >= 4 is 22.5 Å². The lowest BCUT2D eigenvalue weighted by Crippen LogP contribution is -2.56. The minimum absolute atomic E-state index is 0.1000. The van der Waals surface area contributed by atoms with Crippen LogP contribution < -0.4 is 5.56 Å². The lowest BCUT2D eigenvalue weighted by molar-refractivity contribution is -0.299. The summed E-state index contributed by atoms with van der Waals surface area (Å²) in [5.74, 6) is -0.407. The Kier molecular flexibility index (Phi) is 3.45. The van der Waals surface area contributed by atoms with Crippen LogP contribution in [0.2, 0.25) is 5.02 Å². The minimum atomic E-state index is -4.63. The summed E-state index contributed by atoms with van der Waals surface area (Å²) in [6.07, 6.45) is -4.14. The molecule has 118 valence electrons. The summed E-state index contributed by atoms with van der Waals surface area (Å²) < 4.78 is 39.0. The van der Waals surface area contributed by atoms with Gasteiger partial charge in [0.15, 0.2) is 5.60 Å². The van der Waals surface area contributed by atoms with Crippen molar-refractivity contribution in [3.8, 4) is 0 Å². The molecule has 0 saturated heterocycles. The molecule has 0 unspecified atom stereocenters. The van der Waals surface area contributed by atoms with Crippen LogP contribution in [0.15, 0.2) is 29.3 Å². The van der Waals surface area contributed by atoms with Gasteiger partial charge in [-0.25, -0.2) is 4.98 Å². The van der Waals surface area contributed by atoms with Gasteiger partial charge in [-0.1, -0.05) is 11.6 Å². The van der Waals surface area contributed by atoms with Gasteiger partial charge < -0.3 is 5.11 Å². The quantitative estimate of drug-likeness (QED) is 0.920. The summed E-state index contributed by atoms with van der Waals surface area (Å²) in [5, 5.41) is 10.2. The van der Waals surface area contributed by atoms with E-state index in [-0.39, 0.29) is 12.1 Å². The van der Waals surface area contributed by atoms with Crippen LogP contribution in [-0.4, -0.2) is 26.4 Å². The summed E-state index contributed by atoms with van der Waals surface area (Å²) in [5.41, 5.74) is -2.52. The van der Waals surface area contributed by atoms with Crippen LogP contribution in [0.3, 0.4) is 0 Å². The maximum absolute atomic E-state index is 12.6. The van der Waals surface area contributed by atoms with Crippen LogP contribution in [0.25, 0.3) is 10.9 Å². The molecular weight excluding hydrogens is 321 g/mol. The Hall–Kier alpha value is -1.60. The number of hydrogen-bond donors (Lipinski definition) is 1. The highest BCUT2D eigenvalue weighted by Crippen LogP contribution is 2.48. The molecule has 0 amide bonds. The van der Waals surface area contributed by atoms with Crippen LogP contribution in [0.4, 0.5) is 13.2 Å². The molecule has 0 aliphatic heterocycles. The molecule has 0 bridgehead atoms. The molecule has 1 aromatic carbocycles. The first-order chi connectivity index (χ1) is 10.2. The highest BCUT2D eigenvalue weighted by Gasteiger charge is 2.61. The Morgan fingerprint density at radius 1 is 1.41 bits per heavy atom. The van der Waals surface area contributed by atoms with Gasteiger partial charge >= 0.3 is 6.18 Å². The zero-order valence-electron chi connectivity index (χ0n) is 11.3. The third-order valence-electron chi connectivity index (χ3n) is 4.02. The Balaban J connectivity index is 1.81. The molecule has 0 radical (unpaired) electrons. The number of rotatable bonds is 2. The van der Waals surface area contributed by atoms with Crippen LogP contribution in [0, 0.1) is 5.92 Å². The SMILES string of the molecule is O=c1c2ccc(Cl)cc2ncn1CC1CC(O)(C(F)(F)F)C1. The molecule has 1 saturated carbocycles. The van der Waals surface area contributed by atoms with Crippen LogP contribution >= 0.6 is 11.6 Å². The van der Waals surface area contributed by atoms with Crippen molar-refractivity contribution in [2.24, 2.45) is 5.92 Å². The molecule has 1 aromatic heterocycles. The Bertz CT molecular complexity index is 782. The number of hydrogen-bond acceptors (Lipinski definition) is 3. The van der Waals surface area contributed by atoms with Crippen molar-refractivity contribution in [1.82, 2.24) is 9.55 Å². The summed E-state index contributed by atoms with van der Waals surface area (Å²) in [6, 6.07) is 4.65. The van der Waals surface area contributed by atoms with Gasteiger partial charge in [0, 0.05) is 11.6 Å². The standard InChI is InChI=1S/C14H12ClF3N2O2/c15-9-1-2-10-11(3-9)19-7-20(12(10)21)6-8-4-13(22,5-8)14(16,17)18/h1-3,7-8,22H,4-6H2. The zero-order chi connectivity index (χ0) is 16.1. The third-order valence-corrected chi connectivity index (χ3v) is 4.26. The fourth-order valence-corrected chi connectivity index (χ4v) is 2.96. The van der Waals surface area contributed by atoms with Gasteiger partial charge in [0.25, 0.3) is 5.56 Å². The van der Waals surface area contributed by atoms with Gasteiger partial charge in [-0.15, -0.1) is 0 Å². The van der Waals surface area contributed by atoms with Crippen molar-refractivity contribution in [3.63, 3.8) is 0 Å². The van der Waals surface area contributed by atoms with Crippen LogP contribution in [0.5, 0.6) is 0 Å². The largest absolute Gasteiger partial charge is 0.417 e. The normalized spacial score (nSPS) is 25.2. The first kappa shape index (κ1) is 15.3. The Morgan fingerprint density at radius 2 is 2.09 bits per heavy atom. The second-order valence-corrected chi connectivity index (χ2v) is 6.10. The fourth-order valence-electron chi connectivity index (χ4n) is 2.80. The highest BCUT2D eigenvalue weighted by molar-refractivity contribution is 6.31. The lowest BCUT2D eigenvalue weighted by atomic mass is 9.70. The molecule has 8 heteroatoms. The van der Waals surface area contributed by atoms with Gasteiger partial charge in [0.1, 0.15) is 0 Å². The molecule has 22 heavy (non-hydrogen) atoms. The lowest BCUT2D eigenvalue weighted by Gasteiger charge is -2.44. The number of benzene rings is 1. The number of aromatic nitrogens is 2. The Morgan fingerprint density at radius 3 is 2.73 bits per heavy atom. The summed E-state index contributed by atoms with van der Waals surface area (Å²) in [7, 11) is 0. The molecule has 1 fully saturated rings. The molecule has 1 N–H and O–H groups in total. The van der Waals surface area contributed by atoms with E-state index in [1.54, 1.807) is 12.1 Å². The van der Waals surface area contributed by atoms with E-state index in [9.17, 15) is 23.1 Å². The Labute approximate surface area is 128 Å². The van der Waals surface area contributed by atoms with Gasteiger partial charge in [-0.2, -0.15) is 13.2 Å². The van der Waals surface area contributed by atoms with Crippen molar-refractivity contribution < 1.29 is 18.3 Å². The van der Waals surface area contributed by atoms with Crippen LogP contribution in [-0.2, 0) is 6.54 Å². The van der Waals surface area contributed by atoms with Gasteiger partial charge in [0.05, 0.1) is 17.2 Å². The van der Waals surface area contributed by atoms with Crippen molar-refractivity contribution in [2.75, 3.05) is 0 Å². The van der Waals surface area contributed by atoms with Crippen molar-refractivity contribution in [2.45, 2.75) is 31.2 Å². The van der Waals surface area contributed by atoms with Gasteiger partial charge in [-0.3, -0.25) is 9.36 Å². The topological polar surface area (TPSA) is 55.1 Å². The summed E-state index contributed by atoms with van der Waals surface area (Å²) >= 11 is 5.82.